The lowest BCUT2D eigenvalue weighted by atomic mass is 9.71. The number of amides is 1. The average molecular weight is 464 g/mol. The van der Waals surface area contributed by atoms with E-state index in [0.717, 1.165) is 23.3 Å². The van der Waals surface area contributed by atoms with Crippen molar-refractivity contribution in [3.05, 3.63) is 77.9 Å². The lowest BCUT2D eigenvalue weighted by molar-refractivity contribution is -0.144. The van der Waals surface area contributed by atoms with Gasteiger partial charge in [-0.1, -0.05) is 48.5 Å². The Morgan fingerprint density at radius 1 is 1.06 bits per heavy atom. The van der Waals surface area contributed by atoms with Crippen LogP contribution in [-0.4, -0.2) is 42.3 Å². The van der Waals surface area contributed by atoms with Gasteiger partial charge in [-0.15, -0.1) is 0 Å². The van der Waals surface area contributed by atoms with Crippen molar-refractivity contribution in [1.82, 2.24) is 4.90 Å². The highest BCUT2D eigenvalue weighted by molar-refractivity contribution is 6.07. The summed E-state index contributed by atoms with van der Waals surface area (Å²) in [5.41, 5.74) is 0.881. The smallest absolute Gasteiger partial charge is 0.330 e. The molecule has 1 fully saturated rings. The number of carbonyl (C=O) groups is 3. The van der Waals surface area contributed by atoms with Crippen molar-refractivity contribution in [3.63, 3.8) is 0 Å². The molecule has 0 unspecified atom stereocenters. The minimum absolute atomic E-state index is 0.165. The zero-order chi connectivity index (χ0) is 24.7. The zero-order valence-electron chi connectivity index (χ0n) is 20.3. The fourth-order valence-electron chi connectivity index (χ4n) is 4.70. The van der Waals surface area contributed by atoms with E-state index in [1.807, 2.05) is 54.6 Å². The topological polar surface area (TPSA) is 72.9 Å². The first kappa shape index (κ1) is 25.2. The first-order valence-corrected chi connectivity index (χ1v) is 11.6. The molecule has 0 aliphatic carbocycles. The Kier molecular flexibility index (Phi) is 8.26. The fraction of sp³-hybridized carbons (Fsp3) is 0.393. The molecule has 2 aromatic carbocycles. The average Bonchev–Trinajstić information content (AvgIpc) is 3.04. The second-order valence-electron chi connectivity index (χ2n) is 8.77. The largest absolute Gasteiger partial charge is 0.497 e. The number of rotatable bonds is 10. The van der Waals surface area contributed by atoms with E-state index in [2.05, 4.69) is 0 Å². The van der Waals surface area contributed by atoms with E-state index >= 15 is 0 Å². The third-order valence-corrected chi connectivity index (χ3v) is 6.77. The third kappa shape index (κ3) is 5.38. The predicted octanol–water partition coefficient (Wildman–Crippen LogP) is 4.37. The molecule has 1 amide bonds. The number of ketones is 1. The van der Waals surface area contributed by atoms with Crippen molar-refractivity contribution in [2.75, 3.05) is 13.7 Å². The molecule has 6 nitrogen and oxygen atoms in total. The van der Waals surface area contributed by atoms with Crippen LogP contribution in [-0.2, 0) is 32.1 Å². The molecule has 0 saturated carbocycles. The Bertz CT molecular complexity index is 1030. The molecule has 34 heavy (non-hydrogen) atoms. The maximum Gasteiger partial charge on any atom is 0.330 e. The number of hydrogen-bond donors (Lipinski definition) is 0. The quantitative estimate of drug-likeness (QED) is 0.297. The van der Waals surface area contributed by atoms with Crippen molar-refractivity contribution in [3.8, 4) is 5.75 Å². The van der Waals surface area contributed by atoms with Crippen LogP contribution in [0.1, 0.15) is 38.3 Å². The Hall–Kier alpha value is -3.41. The molecule has 180 valence electrons. The monoisotopic (exact) mass is 463 g/mol. The van der Waals surface area contributed by atoms with Crippen LogP contribution in [0.3, 0.4) is 0 Å². The Labute approximate surface area is 201 Å². The lowest BCUT2D eigenvalue weighted by Crippen LogP contribution is -2.39. The van der Waals surface area contributed by atoms with Crippen molar-refractivity contribution >= 4 is 17.7 Å². The number of esters is 1. The highest BCUT2D eigenvalue weighted by Crippen LogP contribution is 2.46. The third-order valence-electron chi connectivity index (χ3n) is 6.77. The van der Waals surface area contributed by atoms with Gasteiger partial charge in [-0.2, -0.15) is 0 Å². The number of aryl methyl sites for hydroxylation is 1. The van der Waals surface area contributed by atoms with E-state index in [1.165, 1.54) is 13.0 Å². The summed E-state index contributed by atoms with van der Waals surface area (Å²) < 4.78 is 10.3. The second-order valence-corrected chi connectivity index (χ2v) is 8.77. The van der Waals surface area contributed by atoms with E-state index in [-0.39, 0.29) is 24.2 Å². The lowest BCUT2D eigenvalue weighted by Gasteiger charge is -2.28. The van der Waals surface area contributed by atoms with Crippen LogP contribution in [0, 0.1) is 11.3 Å². The van der Waals surface area contributed by atoms with Gasteiger partial charge >= 0.3 is 5.97 Å². The molecule has 1 saturated heterocycles. The van der Waals surface area contributed by atoms with Gasteiger partial charge in [0.2, 0.25) is 5.91 Å². The number of nitrogens with zero attached hydrogens (tertiary/aromatic N) is 1. The van der Waals surface area contributed by atoms with E-state index < -0.39 is 17.4 Å². The van der Waals surface area contributed by atoms with E-state index in [4.69, 9.17) is 9.47 Å². The van der Waals surface area contributed by atoms with E-state index in [1.54, 1.807) is 31.9 Å². The fourth-order valence-corrected chi connectivity index (χ4v) is 4.70. The molecule has 3 atom stereocenters. The molecule has 6 heteroatoms. The minimum atomic E-state index is -1.18. The van der Waals surface area contributed by atoms with Crippen molar-refractivity contribution in [2.24, 2.45) is 11.3 Å². The number of benzene rings is 2. The van der Waals surface area contributed by atoms with Crippen molar-refractivity contribution in [1.29, 1.82) is 0 Å². The maximum absolute atomic E-state index is 13.7. The maximum atomic E-state index is 13.7. The normalized spacial score (nSPS) is 22.2. The summed E-state index contributed by atoms with van der Waals surface area (Å²) in [6, 6.07) is 17.1. The van der Waals surface area contributed by atoms with Gasteiger partial charge in [-0.05, 0) is 56.9 Å². The summed E-state index contributed by atoms with van der Waals surface area (Å²) in [5, 5.41) is 0. The Morgan fingerprint density at radius 3 is 2.32 bits per heavy atom. The zero-order valence-corrected chi connectivity index (χ0v) is 20.3. The SMILES string of the molecule is CCOC(=O)/C=C/[C@@H]1[C@@H](CCc2ccccc2)[C@](C)(C(C)=O)C(=O)N1Cc1ccc(OC)cc1. The van der Waals surface area contributed by atoms with Crippen LogP contribution < -0.4 is 4.74 Å². The highest BCUT2D eigenvalue weighted by Gasteiger charge is 2.57. The van der Waals surface area contributed by atoms with Crippen LogP contribution in [0.4, 0.5) is 0 Å². The minimum Gasteiger partial charge on any atom is -0.497 e. The summed E-state index contributed by atoms with van der Waals surface area (Å²) in [6.07, 6.45) is 4.46. The molecule has 3 rings (SSSR count). The molecule has 1 aliphatic heterocycles. The Morgan fingerprint density at radius 2 is 1.74 bits per heavy atom. The van der Waals surface area contributed by atoms with Crippen molar-refractivity contribution < 1.29 is 23.9 Å². The highest BCUT2D eigenvalue weighted by atomic mass is 16.5. The van der Waals surface area contributed by atoms with Gasteiger partial charge in [-0.25, -0.2) is 4.79 Å². The second kappa shape index (κ2) is 11.1. The molecule has 0 bridgehead atoms. The van der Waals surface area contributed by atoms with E-state index in [0.29, 0.717) is 13.0 Å². The van der Waals surface area contributed by atoms with Gasteiger partial charge in [0.05, 0.1) is 19.8 Å². The number of likely N-dealkylation sites (tertiary alicyclic amines) is 1. The van der Waals surface area contributed by atoms with Gasteiger partial charge in [0.25, 0.3) is 0 Å². The van der Waals surface area contributed by atoms with Crippen LogP contribution in [0.2, 0.25) is 0 Å². The first-order chi connectivity index (χ1) is 16.3. The Balaban J connectivity index is 1.97. The molecule has 2 aromatic rings. The molecular formula is C28H33NO5. The van der Waals surface area contributed by atoms with E-state index in [9.17, 15) is 14.4 Å². The summed E-state index contributed by atoms with van der Waals surface area (Å²) in [7, 11) is 1.60. The summed E-state index contributed by atoms with van der Waals surface area (Å²) in [4.78, 5) is 40.4. The molecule has 0 aromatic heterocycles. The summed E-state index contributed by atoms with van der Waals surface area (Å²) >= 11 is 0. The molecule has 1 aliphatic rings. The number of ether oxygens (including phenoxy) is 2. The number of Topliss-reactive ketones (excluding diaryl/α,β-unsaturated/α-hetero) is 1. The van der Waals surface area contributed by atoms with Gasteiger partial charge < -0.3 is 14.4 Å². The number of methoxy groups -OCH3 is 1. The van der Waals surface area contributed by atoms with Crippen LogP contribution in [0.5, 0.6) is 5.75 Å². The van der Waals surface area contributed by atoms with Crippen LogP contribution in [0.25, 0.3) is 0 Å². The summed E-state index contributed by atoms with van der Waals surface area (Å²) in [6.45, 7) is 5.57. The van der Waals surface area contributed by atoms with Gasteiger partial charge in [0, 0.05) is 18.5 Å². The molecular weight excluding hydrogens is 430 g/mol. The van der Waals surface area contributed by atoms with Crippen LogP contribution in [0.15, 0.2) is 66.7 Å². The van der Waals surface area contributed by atoms with Crippen molar-refractivity contribution in [2.45, 2.75) is 46.2 Å². The molecule has 0 N–H and O–H groups in total. The predicted molar refractivity (Wildman–Crippen MR) is 130 cm³/mol. The number of hydrogen-bond acceptors (Lipinski definition) is 5. The molecule has 0 spiro atoms. The molecule has 1 heterocycles. The standard InChI is InChI=1S/C28H33NO5/c1-5-34-26(31)18-17-25-24(16-13-21-9-7-6-8-10-21)28(3,20(2)30)27(32)29(25)19-22-11-14-23(33-4)15-12-22/h6-12,14-15,17-18,24-25H,5,13,16,19H2,1-4H3/b18-17+/t24-,25-,28+/m1/s1. The number of carbonyl (C=O) groups excluding carboxylic acids is 3. The van der Waals surface area contributed by atoms with Crippen LogP contribution >= 0.6 is 0 Å². The molecule has 0 radical (unpaired) electrons. The summed E-state index contributed by atoms with van der Waals surface area (Å²) in [5.74, 6) is -0.404. The van der Waals surface area contributed by atoms with Gasteiger partial charge in [-0.3, -0.25) is 9.59 Å². The first-order valence-electron chi connectivity index (χ1n) is 11.6. The van der Waals surface area contributed by atoms with Gasteiger partial charge in [0.15, 0.2) is 0 Å². The van der Waals surface area contributed by atoms with Gasteiger partial charge in [0.1, 0.15) is 16.9 Å².